The standard InChI is InChI=1S/C9H11ClN2O4S/c1-12(6-8(13)16-2)17(14,15)7-4-3-5-11-9(7)10/h3-5H,6H2,1-2H3. The fourth-order valence-electron chi connectivity index (χ4n) is 1.06. The van der Waals surface area contributed by atoms with Crippen LogP contribution < -0.4 is 0 Å². The van der Waals surface area contributed by atoms with Crippen molar-refractivity contribution in [2.45, 2.75) is 4.90 Å². The van der Waals surface area contributed by atoms with E-state index in [-0.39, 0.29) is 16.6 Å². The highest BCUT2D eigenvalue weighted by atomic mass is 35.5. The molecule has 1 rings (SSSR count). The maximum absolute atomic E-state index is 12.0. The zero-order chi connectivity index (χ0) is 13.1. The lowest BCUT2D eigenvalue weighted by Crippen LogP contribution is -2.33. The summed E-state index contributed by atoms with van der Waals surface area (Å²) in [6.07, 6.45) is 1.38. The topological polar surface area (TPSA) is 76.6 Å². The maximum Gasteiger partial charge on any atom is 0.321 e. The minimum atomic E-state index is -3.84. The molecule has 0 saturated heterocycles. The third-order valence-corrected chi connectivity index (χ3v) is 4.24. The van der Waals surface area contributed by atoms with E-state index in [2.05, 4.69) is 9.72 Å². The number of hydrogen-bond donors (Lipinski definition) is 0. The van der Waals surface area contributed by atoms with Crippen molar-refractivity contribution in [1.82, 2.24) is 9.29 Å². The second kappa shape index (κ2) is 5.44. The van der Waals surface area contributed by atoms with E-state index < -0.39 is 16.0 Å². The normalized spacial score (nSPS) is 11.5. The molecule has 17 heavy (non-hydrogen) atoms. The molecule has 0 amide bonds. The van der Waals surface area contributed by atoms with Gasteiger partial charge in [0.2, 0.25) is 10.0 Å². The first-order valence-electron chi connectivity index (χ1n) is 4.53. The monoisotopic (exact) mass is 278 g/mol. The molecule has 0 saturated carbocycles. The van der Waals surface area contributed by atoms with Gasteiger partial charge in [0.15, 0.2) is 0 Å². The highest BCUT2D eigenvalue weighted by Crippen LogP contribution is 2.20. The summed E-state index contributed by atoms with van der Waals surface area (Å²) in [5.74, 6) is -0.656. The number of pyridine rings is 1. The predicted molar refractivity (Wildman–Crippen MR) is 61.1 cm³/mol. The average molecular weight is 279 g/mol. The summed E-state index contributed by atoms with van der Waals surface area (Å²) >= 11 is 5.69. The molecule has 0 aliphatic carbocycles. The van der Waals surface area contributed by atoms with E-state index in [4.69, 9.17) is 11.6 Å². The molecular formula is C9H11ClN2O4S. The highest BCUT2D eigenvalue weighted by Gasteiger charge is 2.25. The van der Waals surface area contributed by atoms with Crippen LogP contribution >= 0.6 is 11.6 Å². The molecule has 0 radical (unpaired) electrons. The first-order valence-corrected chi connectivity index (χ1v) is 6.35. The van der Waals surface area contributed by atoms with Crippen molar-refractivity contribution in [3.63, 3.8) is 0 Å². The number of esters is 1. The quantitative estimate of drug-likeness (QED) is 0.593. The number of methoxy groups -OCH3 is 1. The van der Waals surface area contributed by atoms with E-state index in [0.29, 0.717) is 0 Å². The van der Waals surface area contributed by atoms with E-state index in [1.165, 1.54) is 32.5 Å². The smallest absolute Gasteiger partial charge is 0.321 e. The van der Waals surface area contributed by atoms with Crippen LogP contribution in [0.15, 0.2) is 23.2 Å². The Bertz CT molecular complexity index is 517. The van der Waals surface area contributed by atoms with Gasteiger partial charge in [-0.2, -0.15) is 4.31 Å². The Kier molecular flexibility index (Phi) is 4.44. The van der Waals surface area contributed by atoms with E-state index in [1.807, 2.05) is 0 Å². The number of ether oxygens (including phenoxy) is 1. The number of likely N-dealkylation sites (N-methyl/N-ethyl adjacent to an activating group) is 1. The summed E-state index contributed by atoms with van der Waals surface area (Å²) < 4.78 is 29.2. The molecule has 94 valence electrons. The molecule has 1 aromatic heterocycles. The van der Waals surface area contributed by atoms with Crippen molar-refractivity contribution in [1.29, 1.82) is 0 Å². The SMILES string of the molecule is COC(=O)CN(C)S(=O)(=O)c1cccnc1Cl. The Morgan fingerprint density at radius 2 is 2.24 bits per heavy atom. The maximum atomic E-state index is 12.0. The summed E-state index contributed by atoms with van der Waals surface area (Å²) in [5, 5.41) is -0.135. The average Bonchev–Trinajstić information content (AvgIpc) is 2.29. The molecular weight excluding hydrogens is 268 g/mol. The predicted octanol–water partition coefficient (Wildman–Crippen LogP) is 0.528. The summed E-state index contributed by atoms with van der Waals surface area (Å²) in [6.45, 7) is -0.385. The lowest BCUT2D eigenvalue weighted by molar-refractivity contribution is -0.140. The molecule has 0 fully saturated rings. The summed E-state index contributed by atoms with van der Waals surface area (Å²) in [6, 6.07) is 2.77. The molecule has 1 aromatic rings. The van der Waals surface area contributed by atoms with Crippen LogP contribution in [0.3, 0.4) is 0 Å². The number of hydrogen-bond acceptors (Lipinski definition) is 5. The zero-order valence-electron chi connectivity index (χ0n) is 9.25. The van der Waals surface area contributed by atoms with Crippen LogP contribution in [0.2, 0.25) is 5.15 Å². The van der Waals surface area contributed by atoms with Crippen LogP contribution in [0.1, 0.15) is 0 Å². The Balaban J connectivity index is 3.04. The first-order chi connectivity index (χ1) is 7.89. The summed E-state index contributed by atoms with van der Waals surface area (Å²) in [4.78, 5) is 14.5. The number of sulfonamides is 1. The fraction of sp³-hybridized carbons (Fsp3) is 0.333. The number of aromatic nitrogens is 1. The van der Waals surface area contributed by atoms with Gasteiger partial charge in [-0.15, -0.1) is 0 Å². The Morgan fingerprint density at radius 3 is 2.76 bits per heavy atom. The van der Waals surface area contributed by atoms with E-state index in [9.17, 15) is 13.2 Å². The molecule has 0 aliphatic rings. The van der Waals surface area contributed by atoms with Crippen LogP contribution in [-0.4, -0.2) is 44.4 Å². The summed E-state index contributed by atoms with van der Waals surface area (Å²) in [7, 11) is -1.40. The second-order valence-corrected chi connectivity index (χ2v) is 5.50. The van der Waals surface area contributed by atoms with Gasteiger partial charge in [0.25, 0.3) is 0 Å². The molecule has 0 unspecified atom stereocenters. The molecule has 8 heteroatoms. The molecule has 0 aliphatic heterocycles. The number of halogens is 1. The van der Waals surface area contributed by atoms with Gasteiger partial charge < -0.3 is 4.74 Å². The molecule has 0 spiro atoms. The lowest BCUT2D eigenvalue weighted by Gasteiger charge is -2.15. The second-order valence-electron chi connectivity index (χ2n) is 3.13. The van der Waals surface area contributed by atoms with Gasteiger partial charge in [-0.25, -0.2) is 13.4 Å². The van der Waals surface area contributed by atoms with Crippen molar-refractivity contribution in [2.75, 3.05) is 20.7 Å². The van der Waals surface area contributed by atoms with Gasteiger partial charge in [-0.1, -0.05) is 11.6 Å². The highest BCUT2D eigenvalue weighted by molar-refractivity contribution is 7.89. The molecule has 0 bridgehead atoms. The Morgan fingerprint density at radius 1 is 1.59 bits per heavy atom. The van der Waals surface area contributed by atoms with E-state index in [0.717, 1.165) is 4.31 Å². The third kappa shape index (κ3) is 3.15. The first kappa shape index (κ1) is 13.9. The van der Waals surface area contributed by atoms with Crippen molar-refractivity contribution < 1.29 is 17.9 Å². The van der Waals surface area contributed by atoms with Crippen LogP contribution in [0.5, 0.6) is 0 Å². The van der Waals surface area contributed by atoms with Crippen LogP contribution in [0, 0.1) is 0 Å². The van der Waals surface area contributed by atoms with Crippen LogP contribution in [0.25, 0.3) is 0 Å². The Hall–Kier alpha value is -1.18. The number of carbonyl (C=O) groups is 1. The minimum absolute atomic E-state index is 0.135. The van der Waals surface area contributed by atoms with Crippen LogP contribution in [0.4, 0.5) is 0 Å². The lowest BCUT2D eigenvalue weighted by atomic mass is 10.5. The largest absolute Gasteiger partial charge is 0.468 e. The molecule has 0 atom stereocenters. The Labute approximate surface area is 104 Å². The van der Waals surface area contributed by atoms with Gasteiger partial charge in [-0.05, 0) is 12.1 Å². The molecule has 0 aromatic carbocycles. The van der Waals surface area contributed by atoms with Crippen molar-refractivity contribution >= 4 is 27.6 Å². The molecule has 0 N–H and O–H groups in total. The van der Waals surface area contributed by atoms with Gasteiger partial charge >= 0.3 is 5.97 Å². The molecule has 1 heterocycles. The summed E-state index contributed by atoms with van der Waals surface area (Å²) in [5.41, 5.74) is 0. The van der Waals surface area contributed by atoms with Gasteiger partial charge in [0.1, 0.15) is 16.6 Å². The number of nitrogens with zero attached hydrogens (tertiary/aromatic N) is 2. The molecule has 6 nitrogen and oxygen atoms in total. The third-order valence-electron chi connectivity index (χ3n) is 1.99. The van der Waals surface area contributed by atoms with Crippen molar-refractivity contribution in [2.24, 2.45) is 0 Å². The van der Waals surface area contributed by atoms with Crippen LogP contribution in [-0.2, 0) is 19.6 Å². The number of rotatable bonds is 4. The van der Waals surface area contributed by atoms with Gasteiger partial charge in [0.05, 0.1) is 7.11 Å². The van der Waals surface area contributed by atoms with Crippen molar-refractivity contribution in [3.8, 4) is 0 Å². The van der Waals surface area contributed by atoms with E-state index >= 15 is 0 Å². The van der Waals surface area contributed by atoms with Crippen molar-refractivity contribution in [3.05, 3.63) is 23.5 Å². The van der Waals surface area contributed by atoms with Gasteiger partial charge in [0, 0.05) is 13.2 Å². The van der Waals surface area contributed by atoms with Gasteiger partial charge in [-0.3, -0.25) is 4.79 Å². The zero-order valence-corrected chi connectivity index (χ0v) is 10.8. The minimum Gasteiger partial charge on any atom is -0.468 e. The van der Waals surface area contributed by atoms with E-state index in [1.54, 1.807) is 0 Å². The fourth-order valence-corrected chi connectivity index (χ4v) is 2.60. The number of carbonyl (C=O) groups excluding carboxylic acids is 1.